The van der Waals surface area contributed by atoms with E-state index in [1.165, 1.54) is 6.07 Å². The van der Waals surface area contributed by atoms with Crippen LogP contribution < -0.4 is 15.5 Å². The smallest absolute Gasteiger partial charge is 0.307 e. The zero-order chi connectivity index (χ0) is 31.3. The van der Waals surface area contributed by atoms with Crippen LogP contribution in [0.3, 0.4) is 0 Å². The van der Waals surface area contributed by atoms with Crippen LogP contribution in [0.2, 0.25) is 0 Å². The summed E-state index contributed by atoms with van der Waals surface area (Å²) in [5.74, 6) is -2.33. The van der Waals surface area contributed by atoms with Crippen molar-refractivity contribution >= 4 is 45.7 Å². The number of carbonyl (C=O) groups is 3. The third kappa shape index (κ3) is 6.99. The Morgan fingerprint density at radius 1 is 0.933 bits per heavy atom. The van der Waals surface area contributed by atoms with Gasteiger partial charge >= 0.3 is 5.97 Å². The molecule has 4 aromatic rings. The molecule has 0 saturated carbocycles. The fourth-order valence-electron chi connectivity index (χ4n) is 6.19. The van der Waals surface area contributed by atoms with Crippen LogP contribution in [0.5, 0.6) is 0 Å². The molecule has 2 aliphatic heterocycles. The number of hydrogen-bond acceptors (Lipinski definition) is 6. The van der Waals surface area contributed by atoms with Crippen LogP contribution in [0, 0.1) is 11.7 Å². The molecule has 234 valence electrons. The molecule has 0 spiro atoms. The predicted molar refractivity (Wildman–Crippen MR) is 169 cm³/mol. The van der Waals surface area contributed by atoms with Crippen LogP contribution in [0.25, 0.3) is 10.9 Å². The van der Waals surface area contributed by atoms with E-state index in [0.717, 1.165) is 80.5 Å². The zero-order valence-electron chi connectivity index (χ0n) is 24.9. The first kappa shape index (κ1) is 30.3. The van der Waals surface area contributed by atoms with Gasteiger partial charge in [0.2, 0.25) is 0 Å². The molecule has 11 heteroatoms. The number of halogens is 1. The van der Waals surface area contributed by atoms with Gasteiger partial charge in [-0.15, -0.1) is 0 Å². The highest BCUT2D eigenvalue weighted by Gasteiger charge is 2.24. The molecule has 2 saturated heterocycles. The minimum Gasteiger partial charge on any atom is -0.481 e. The molecular formula is C34H36FN5O5. The van der Waals surface area contributed by atoms with Gasteiger partial charge < -0.3 is 25.4 Å². The van der Waals surface area contributed by atoms with Gasteiger partial charge in [0.25, 0.3) is 11.8 Å². The number of para-hydroxylation sites is 1. The zero-order valence-corrected chi connectivity index (χ0v) is 24.9. The number of carbonyl (C=O) groups excluding carboxylic acids is 2. The molecule has 0 aliphatic carbocycles. The molecule has 0 radical (unpaired) electrons. The van der Waals surface area contributed by atoms with Crippen molar-refractivity contribution in [3.05, 3.63) is 83.3 Å². The summed E-state index contributed by atoms with van der Waals surface area (Å²) < 4.78 is 21.4. The molecule has 2 fully saturated rings. The summed E-state index contributed by atoms with van der Waals surface area (Å²) >= 11 is 0. The lowest BCUT2D eigenvalue weighted by Crippen LogP contribution is -2.30. The normalized spacial score (nSPS) is 16.8. The summed E-state index contributed by atoms with van der Waals surface area (Å²) in [5, 5.41) is 20.5. The lowest BCUT2D eigenvalue weighted by Gasteiger charge is -2.30. The number of aliphatic carboxylic acids is 1. The van der Waals surface area contributed by atoms with Crippen LogP contribution in [0.15, 0.2) is 60.7 Å². The number of rotatable bonds is 9. The fourth-order valence-corrected chi connectivity index (χ4v) is 6.19. The maximum absolute atomic E-state index is 13.9. The fraction of sp³-hybridized carbons (Fsp3) is 0.353. The molecule has 6 rings (SSSR count). The van der Waals surface area contributed by atoms with Crippen LogP contribution in [-0.4, -0.2) is 59.0 Å². The molecule has 3 aromatic carbocycles. The average molecular weight is 614 g/mol. The molecule has 3 N–H and O–H groups in total. The van der Waals surface area contributed by atoms with Gasteiger partial charge in [0.05, 0.1) is 29.9 Å². The number of fused-ring (bicyclic) bond motifs is 1. The van der Waals surface area contributed by atoms with Crippen molar-refractivity contribution in [1.82, 2.24) is 9.78 Å². The minimum absolute atomic E-state index is 0.150. The molecule has 1 atom stereocenters. The van der Waals surface area contributed by atoms with Gasteiger partial charge in [-0.1, -0.05) is 18.2 Å². The summed E-state index contributed by atoms with van der Waals surface area (Å²) in [7, 11) is 0. The largest absolute Gasteiger partial charge is 0.481 e. The summed E-state index contributed by atoms with van der Waals surface area (Å²) in [4.78, 5) is 40.8. The monoisotopic (exact) mass is 613 g/mol. The van der Waals surface area contributed by atoms with E-state index < -0.39 is 24.1 Å². The molecule has 2 amide bonds. The van der Waals surface area contributed by atoms with Gasteiger partial charge in [0, 0.05) is 48.8 Å². The summed E-state index contributed by atoms with van der Waals surface area (Å²) in [6.45, 7) is 3.73. The van der Waals surface area contributed by atoms with E-state index in [1.807, 2.05) is 35.0 Å². The Labute approximate surface area is 260 Å². The highest BCUT2D eigenvalue weighted by molar-refractivity contribution is 6.13. The molecule has 2 aliphatic rings. The van der Waals surface area contributed by atoms with E-state index in [4.69, 9.17) is 9.84 Å². The molecule has 45 heavy (non-hydrogen) atoms. The van der Waals surface area contributed by atoms with Gasteiger partial charge in [-0.25, -0.2) is 4.39 Å². The first-order chi connectivity index (χ1) is 21.9. The molecule has 0 bridgehead atoms. The van der Waals surface area contributed by atoms with Crippen LogP contribution in [0.1, 0.15) is 58.5 Å². The Balaban J connectivity index is 1.30. The van der Waals surface area contributed by atoms with E-state index in [1.54, 1.807) is 12.1 Å². The van der Waals surface area contributed by atoms with Crippen molar-refractivity contribution in [2.45, 2.75) is 45.1 Å². The second-order valence-corrected chi connectivity index (χ2v) is 11.7. The Morgan fingerprint density at radius 3 is 2.51 bits per heavy atom. The lowest BCUT2D eigenvalue weighted by molar-refractivity contribution is -0.136. The lowest BCUT2D eigenvalue weighted by atomic mass is 10.0. The van der Waals surface area contributed by atoms with E-state index in [-0.39, 0.29) is 22.7 Å². The van der Waals surface area contributed by atoms with E-state index >= 15 is 0 Å². The van der Waals surface area contributed by atoms with Crippen molar-refractivity contribution in [1.29, 1.82) is 0 Å². The number of nitrogens with one attached hydrogen (secondary N) is 2. The number of nitrogens with zero attached hydrogens (tertiary/aromatic N) is 3. The Hall–Kier alpha value is -4.77. The molecule has 3 heterocycles. The third-order valence-electron chi connectivity index (χ3n) is 8.42. The first-order valence-electron chi connectivity index (χ1n) is 15.4. The number of anilines is 3. The molecular weight excluding hydrogens is 577 g/mol. The Kier molecular flexibility index (Phi) is 9.06. The predicted octanol–water partition coefficient (Wildman–Crippen LogP) is 5.72. The summed E-state index contributed by atoms with van der Waals surface area (Å²) in [6, 6.07) is 16.4. The van der Waals surface area contributed by atoms with Gasteiger partial charge in [0.15, 0.2) is 5.69 Å². The highest BCUT2D eigenvalue weighted by Crippen LogP contribution is 2.32. The number of aromatic nitrogens is 2. The van der Waals surface area contributed by atoms with Gasteiger partial charge in [0.1, 0.15) is 5.82 Å². The molecule has 1 aromatic heterocycles. The van der Waals surface area contributed by atoms with Crippen molar-refractivity contribution in [2.75, 3.05) is 41.8 Å². The summed E-state index contributed by atoms with van der Waals surface area (Å²) in [5.41, 5.74) is 3.05. The number of amides is 2. The van der Waals surface area contributed by atoms with Crippen LogP contribution >= 0.6 is 0 Å². The number of ether oxygens (including phenoxy) is 1. The second kappa shape index (κ2) is 13.5. The van der Waals surface area contributed by atoms with Gasteiger partial charge in [-0.2, -0.15) is 5.10 Å². The van der Waals surface area contributed by atoms with E-state index in [2.05, 4.69) is 15.5 Å². The van der Waals surface area contributed by atoms with Crippen molar-refractivity contribution in [2.24, 2.45) is 5.92 Å². The topological polar surface area (TPSA) is 126 Å². The standard InChI is InChI=1S/C34H36FN5O5/c35-25-11-12-27(24(17-25)19-31(41)42)36-33(43)23-10-13-30(39-14-4-1-5-15-39)28(18-23)37-34(44)32-26-8-2-3-9-29(26)40(38-32)20-22-7-6-16-45-21-22/h2-3,8-13,17-18,22H,1,4-7,14-16,19-21H2,(H,36,43)(H,37,44)(H,41,42). The molecule has 10 nitrogen and oxygen atoms in total. The Bertz CT molecular complexity index is 1730. The number of carboxylic acid groups (broad SMARTS) is 1. The average Bonchev–Trinajstić information content (AvgIpc) is 3.41. The maximum Gasteiger partial charge on any atom is 0.307 e. The molecule has 1 unspecified atom stereocenters. The second-order valence-electron chi connectivity index (χ2n) is 11.7. The van der Waals surface area contributed by atoms with Crippen molar-refractivity contribution < 1.29 is 28.6 Å². The van der Waals surface area contributed by atoms with Crippen LogP contribution in [-0.2, 0) is 22.5 Å². The van der Waals surface area contributed by atoms with Crippen LogP contribution in [0.4, 0.5) is 21.5 Å². The SMILES string of the molecule is O=C(O)Cc1cc(F)ccc1NC(=O)c1ccc(N2CCCCC2)c(NC(=O)c2nn(CC3CCCOC3)c3ccccc23)c1. The Morgan fingerprint density at radius 2 is 1.73 bits per heavy atom. The highest BCUT2D eigenvalue weighted by atomic mass is 19.1. The number of benzene rings is 3. The van der Waals surface area contributed by atoms with E-state index in [0.29, 0.717) is 30.5 Å². The first-order valence-corrected chi connectivity index (χ1v) is 15.4. The number of hydrogen-bond donors (Lipinski definition) is 3. The van der Waals surface area contributed by atoms with Crippen molar-refractivity contribution in [3.8, 4) is 0 Å². The van der Waals surface area contributed by atoms with Crippen molar-refractivity contribution in [3.63, 3.8) is 0 Å². The number of piperidine rings is 1. The minimum atomic E-state index is -1.14. The third-order valence-corrected chi connectivity index (χ3v) is 8.42. The summed E-state index contributed by atoms with van der Waals surface area (Å²) in [6.07, 6.45) is 4.77. The maximum atomic E-state index is 13.9. The van der Waals surface area contributed by atoms with Gasteiger partial charge in [-0.3, -0.25) is 19.1 Å². The van der Waals surface area contributed by atoms with E-state index in [9.17, 15) is 23.9 Å². The quantitative estimate of drug-likeness (QED) is 0.220. The number of carboxylic acids is 1. The van der Waals surface area contributed by atoms with Gasteiger partial charge in [-0.05, 0) is 80.1 Å².